The monoisotopic (exact) mass is 282 g/mol. The van der Waals surface area contributed by atoms with Crippen LogP contribution in [-0.2, 0) is 4.79 Å². The average Bonchev–Trinajstić information content (AvgIpc) is 3.02. The Hall–Kier alpha value is -2.13. The molecule has 3 rings (SSSR count). The molecule has 0 saturated carbocycles. The first kappa shape index (κ1) is 12.9. The first-order valence-electron chi connectivity index (χ1n) is 6.42. The molecule has 2 aromatic rings. The molecule has 0 radical (unpaired) electrons. The number of rotatable bonds is 3. The Morgan fingerprint density at radius 1 is 1.25 bits per heavy atom. The van der Waals surface area contributed by atoms with E-state index in [2.05, 4.69) is 23.6 Å². The van der Waals surface area contributed by atoms with E-state index >= 15 is 0 Å². The van der Waals surface area contributed by atoms with Gasteiger partial charge in [-0.2, -0.15) is 11.3 Å². The topological polar surface area (TPSA) is 37.3 Å². The van der Waals surface area contributed by atoms with Gasteiger partial charge in [-0.3, -0.25) is 4.79 Å². The van der Waals surface area contributed by atoms with Crippen LogP contribution in [0.3, 0.4) is 0 Å². The van der Waals surface area contributed by atoms with Crippen molar-refractivity contribution < 1.29 is 9.90 Å². The second-order valence-electron chi connectivity index (χ2n) is 4.83. The third kappa shape index (κ3) is 2.21. The molecule has 1 aliphatic carbocycles. The molecule has 0 spiro atoms. The fraction of sp³-hybridized carbons (Fsp3) is 0.118. The highest BCUT2D eigenvalue weighted by Gasteiger charge is 2.24. The summed E-state index contributed by atoms with van der Waals surface area (Å²) in [5.74, 6) is -0.786. The lowest BCUT2D eigenvalue weighted by molar-refractivity contribution is -0.135. The van der Waals surface area contributed by atoms with E-state index < -0.39 is 5.97 Å². The number of hydrogen-bond acceptors (Lipinski definition) is 2. The molecule has 1 heterocycles. The lowest BCUT2D eigenvalue weighted by Gasteiger charge is -2.02. The normalized spacial score (nSPS) is 15.8. The van der Waals surface area contributed by atoms with Gasteiger partial charge in [0, 0.05) is 0 Å². The van der Waals surface area contributed by atoms with Gasteiger partial charge in [0.1, 0.15) is 0 Å². The maximum Gasteiger partial charge on any atom is 0.307 e. The van der Waals surface area contributed by atoms with Gasteiger partial charge in [-0.15, -0.1) is 0 Å². The van der Waals surface area contributed by atoms with Crippen LogP contribution in [0.5, 0.6) is 0 Å². The summed E-state index contributed by atoms with van der Waals surface area (Å²) in [6, 6.07) is 10.1. The predicted molar refractivity (Wildman–Crippen MR) is 83.5 cm³/mol. The lowest BCUT2D eigenvalue weighted by atomic mass is 10.0. The molecule has 2 nitrogen and oxygen atoms in total. The molecule has 0 amide bonds. The molecule has 1 N–H and O–H groups in total. The number of carbonyl (C=O) groups is 1. The van der Waals surface area contributed by atoms with E-state index in [-0.39, 0.29) is 6.42 Å². The number of thiophene rings is 1. The average molecular weight is 282 g/mol. The van der Waals surface area contributed by atoms with Gasteiger partial charge in [-0.05, 0) is 63.2 Å². The maximum absolute atomic E-state index is 11.1. The predicted octanol–water partition coefficient (Wildman–Crippen LogP) is 4.55. The molecule has 3 heteroatoms. The van der Waals surface area contributed by atoms with Crippen molar-refractivity contribution in [1.29, 1.82) is 0 Å². The number of carboxylic acid groups (broad SMARTS) is 1. The van der Waals surface area contributed by atoms with Crippen molar-refractivity contribution in [1.82, 2.24) is 0 Å². The van der Waals surface area contributed by atoms with Crippen LogP contribution >= 0.6 is 11.3 Å². The summed E-state index contributed by atoms with van der Waals surface area (Å²) in [5, 5.41) is 13.2. The smallest absolute Gasteiger partial charge is 0.307 e. The van der Waals surface area contributed by atoms with Crippen LogP contribution in [-0.4, -0.2) is 11.1 Å². The molecule has 1 aromatic heterocycles. The van der Waals surface area contributed by atoms with E-state index in [4.69, 9.17) is 5.11 Å². The second kappa shape index (κ2) is 5.10. The summed E-state index contributed by atoms with van der Waals surface area (Å²) in [6.07, 6.45) is 2.21. The zero-order valence-corrected chi connectivity index (χ0v) is 11.9. The van der Waals surface area contributed by atoms with Gasteiger partial charge in [0.05, 0.1) is 6.42 Å². The first-order chi connectivity index (χ1) is 9.66. The van der Waals surface area contributed by atoms with E-state index in [1.165, 1.54) is 0 Å². The van der Waals surface area contributed by atoms with Crippen molar-refractivity contribution in [2.45, 2.75) is 13.3 Å². The van der Waals surface area contributed by atoms with Crippen LogP contribution < -0.4 is 0 Å². The summed E-state index contributed by atoms with van der Waals surface area (Å²) in [5.41, 5.74) is 6.47. The molecule has 0 atom stereocenters. The fourth-order valence-corrected chi connectivity index (χ4v) is 3.25. The number of benzene rings is 1. The van der Waals surface area contributed by atoms with Crippen molar-refractivity contribution in [3.05, 3.63) is 63.4 Å². The largest absolute Gasteiger partial charge is 0.481 e. The molecule has 1 aliphatic rings. The highest BCUT2D eigenvalue weighted by molar-refractivity contribution is 7.08. The highest BCUT2D eigenvalue weighted by atomic mass is 32.1. The first-order valence-corrected chi connectivity index (χ1v) is 7.36. The number of allylic oxidation sites excluding steroid dienone is 2. The minimum atomic E-state index is -0.786. The van der Waals surface area contributed by atoms with Crippen LogP contribution in [0, 0.1) is 0 Å². The van der Waals surface area contributed by atoms with Crippen molar-refractivity contribution in [2.24, 2.45) is 0 Å². The minimum absolute atomic E-state index is 0.0732. The molecule has 0 unspecified atom stereocenters. The Balaban J connectivity index is 2.15. The minimum Gasteiger partial charge on any atom is -0.481 e. The molecule has 0 fully saturated rings. The van der Waals surface area contributed by atoms with Gasteiger partial charge in [0.25, 0.3) is 0 Å². The van der Waals surface area contributed by atoms with Crippen molar-refractivity contribution in [2.75, 3.05) is 0 Å². The SMILES string of the molecule is CC1=C(CC(=O)O)c2ccccc2/C1=C\c1ccsc1. The zero-order chi connectivity index (χ0) is 14.1. The van der Waals surface area contributed by atoms with Gasteiger partial charge in [-0.25, -0.2) is 0 Å². The van der Waals surface area contributed by atoms with Crippen LogP contribution in [0.1, 0.15) is 30.0 Å². The quantitative estimate of drug-likeness (QED) is 0.896. The van der Waals surface area contributed by atoms with E-state index in [1.54, 1.807) is 11.3 Å². The van der Waals surface area contributed by atoms with Crippen molar-refractivity contribution >= 4 is 34.5 Å². The molecule has 0 aliphatic heterocycles. The summed E-state index contributed by atoms with van der Waals surface area (Å²) >= 11 is 1.66. The van der Waals surface area contributed by atoms with Crippen LogP contribution in [0.25, 0.3) is 17.2 Å². The Morgan fingerprint density at radius 2 is 2.00 bits per heavy atom. The molecular formula is C17H14O2S. The Morgan fingerprint density at radius 3 is 2.65 bits per heavy atom. The van der Waals surface area contributed by atoms with Gasteiger partial charge in [0.2, 0.25) is 0 Å². The van der Waals surface area contributed by atoms with Crippen LogP contribution in [0.15, 0.2) is 46.7 Å². The van der Waals surface area contributed by atoms with Crippen LogP contribution in [0.4, 0.5) is 0 Å². The molecule has 0 bridgehead atoms. The summed E-state index contributed by atoms with van der Waals surface area (Å²) in [4.78, 5) is 11.1. The summed E-state index contributed by atoms with van der Waals surface area (Å²) in [6.45, 7) is 2.01. The maximum atomic E-state index is 11.1. The molecule has 0 saturated heterocycles. The lowest BCUT2D eigenvalue weighted by Crippen LogP contribution is -1.96. The van der Waals surface area contributed by atoms with Crippen molar-refractivity contribution in [3.63, 3.8) is 0 Å². The zero-order valence-electron chi connectivity index (χ0n) is 11.1. The van der Waals surface area contributed by atoms with Gasteiger partial charge in [-0.1, -0.05) is 24.3 Å². The van der Waals surface area contributed by atoms with E-state index in [1.807, 2.05) is 30.5 Å². The number of aliphatic carboxylic acids is 1. The standard InChI is InChI=1S/C17H14O2S/c1-11-15(8-12-6-7-20-10-12)13-4-2-3-5-14(13)16(11)9-17(18)19/h2-8,10H,9H2,1H3,(H,18,19)/b15-8-. The van der Waals surface area contributed by atoms with Crippen molar-refractivity contribution in [3.8, 4) is 0 Å². The molecule has 1 aromatic carbocycles. The number of fused-ring (bicyclic) bond motifs is 1. The number of hydrogen-bond donors (Lipinski definition) is 1. The summed E-state index contributed by atoms with van der Waals surface area (Å²) < 4.78 is 0. The fourth-order valence-electron chi connectivity index (χ4n) is 2.64. The Bertz CT molecular complexity index is 721. The molecule has 20 heavy (non-hydrogen) atoms. The Labute approximate surface area is 121 Å². The third-order valence-electron chi connectivity index (χ3n) is 3.58. The van der Waals surface area contributed by atoms with Gasteiger partial charge in [0.15, 0.2) is 0 Å². The van der Waals surface area contributed by atoms with E-state index in [9.17, 15) is 4.79 Å². The van der Waals surface area contributed by atoms with Gasteiger partial charge < -0.3 is 5.11 Å². The highest BCUT2D eigenvalue weighted by Crippen LogP contribution is 2.43. The number of carboxylic acids is 1. The molecular weight excluding hydrogens is 268 g/mol. The van der Waals surface area contributed by atoms with Crippen LogP contribution in [0.2, 0.25) is 0 Å². The third-order valence-corrected chi connectivity index (χ3v) is 4.28. The second-order valence-corrected chi connectivity index (χ2v) is 5.61. The van der Waals surface area contributed by atoms with E-state index in [0.29, 0.717) is 0 Å². The Kier molecular flexibility index (Phi) is 3.28. The van der Waals surface area contributed by atoms with E-state index in [0.717, 1.165) is 33.4 Å². The summed E-state index contributed by atoms with van der Waals surface area (Å²) in [7, 11) is 0. The van der Waals surface area contributed by atoms with Gasteiger partial charge >= 0.3 is 5.97 Å². The molecule has 100 valence electrons.